The lowest BCUT2D eigenvalue weighted by Gasteiger charge is -2.33. The molecule has 3 nitrogen and oxygen atoms in total. The summed E-state index contributed by atoms with van der Waals surface area (Å²) in [4.78, 5) is 6.44. The van der Waals surface area contributed by atoms with E-state index >= 15 is 0 Å². The molecule has 1 saturated heterocycles. The predicted octanol–water partition coefficient (Wildman–Crippen LogP) is 5.33. The fraction of sp³-hybridized carbons (Fsp3) is 0.318. The van der Waals surface area contributed by atoms with Crippen molar-refractivity contribution in [1.29, 1.82) is 0 Å². The molecular weight excluding hydrogens is 363 g/mol. The number of rotatable bonds is 4. The van der Waals surface area contributed by atoms with E-state index < -0.39 is 11.7 Å². The van der Waals surface area contributed by atoms with Gasteiger partial charge in [0.05, 0.1) is 5.56 Å². The van der Waals surface area contributed by atoms with Gasteiger partial charge in [0, 0.05) is 42.6 Å². The molecule has 1 aromatic heterocycles. The minimum absolute atomic E-state index is 0.322. The van der Waals surface area contributed by atoms with Crippen molar-refractivity contribution >= 4 is 16.5 Å². The SMILES string of the molecule is FC(F)(F)c1ccc(CN2CCCC(Nc3ccc4cnccc4c3)C2)cc1. The van der Waals surface area contributed by atoms with Gasteiger partial charge in [0.2, 0.25) is 0 Å². The lowest BCUT2D eigenvalue weighted by Crippen LogP contribution is -2.41. The number of likely N-dealkylation sites (tertiary alicyclic amines) is 1. The maximum Gasteiger partial charge on any atom is 0.416 e. The van der Waals surface area contributed by atoms with Gasteiger partial charge in [-0.1, -0.05) is 18.2 Å². The minimum Gasteiger partial charge on any atom is -0.381 e. The Morgan fingerprint density at radius 1 is 1.04 bits per heavy atom. The van der Waals surface area contributed by atoms with Gasteiger partial charge in [-0.05, 0) is 60.7 Å². The molecule has 1 fully saturated rings. The van der Waals surface area contributed by atoms with E-state index in [0.29, 0.717) is 12.6 Å². The van der Waals surface area contributed by atoms with Crippen molar-refractivity contribution < 1.29 is 13.2 Å². The van der Waals surface area contributed by atoms with Crippen molar-refractivity contribution in [2.75, 3.05) is 18.4 Å². The number of nitrogens with one attached hydrogen (secondary N) is 1. The summed E-state index contributed by atoms with van der Waals surface area (Å²) in [6.07, 6.45) is 1.51. The summed E-state index contributed by atoms with van der Waals surface area (Å²) in [5, 5.41) is 5.87. The van der Waals surface area contributed by atoms with Crippen LogP contribution in [-0.2, 0) is 12.7 Å². The van der Waals surface area contributed by atoms with Crippen LogP contribution in [0.3, 0.4) is 0 Å². The average Bonchev–Trinajstić information content (AvgIpc) is 2.68. The van der Waals surface area contributed by atoms with Gasteiger partial charge in [0.1, 0.15) is 0 Å². The van der Waals surface area contributed by atoms with Crippen LogP contribution in [0.25, 0.3) is 10.8 Å². The van der Waals surface area contributed by atoms with E-state index in [0.717, 1.165) is 48.0 Å². The fourth-order valence-electron chi connectivity index (χ4n) is 3.78. The summed E-state index contributed by atoms with van der Waals surface area (Å²) in [5.74, 6) is 0. The molecule has 0 saturated carbocycles. The Balaban J connectivity index is 1.38. The third-order valence-corrected chi connectivity index (χ3v) is 5.20. The first-order valence-electron chi connectivity index (χ1n) is 9.46. The van der Waals surface area contributed by atoms with Gasteiger partial charge in [-0.2, -0.15) is 13.2 Å². The van der Waals surface area contributed by atoms with Crippen molar-refractivity contribution in [3.05, 3.63) is 72.1 Å². The maximum atomic E-state index is 12.7. The number of nitrogens with zero attached hydrogens (tertiary/aromatic N) is 2. The number of hydrogen-bond acceptors (Lipinski definition) is 3. The van der Waals surface area contributed by atoms with Gasteiger partial charge in [-0.3, -0.25) is 9.88 Å². The highest BCUT2D eigenvalue weighted by atomic mass is 19.4. The molecule has 0 aliphatic carbocycles. The molecule has 146 valence electrons. The summed E-state index contributed by atoms with van der Waals surface area (Å²) >= 11 is 0. The van der Waals surface area contributed by atoms with Gasteiger partial charge < -0.3 is 5.32 Å². The molecule has 3 aromatic rings. The molecule has 1 atom stereocenters. The molecule has 1 aliphatic heterocycles. The monoisotopic (exact) mass is 385 g/mol. The second-order valence-corrected chi connectivity index (χ2v) is 7.35. The molecule has 2 aromatic carbocycles. The number of benzene rings is 2. The van der Waals surface area contributed by atoms with Crippen LogP contribution >= 0.6 is 0 Å². The molecule has 0 radical (unpaired) electrons. The summed E-state index contributed by atoms with van der Waals surface area (Å²) in [7, 11) is 0. The van der Waals surface area contributed by atoms with E-state index in [4.69, 9.17) is 0 Å². The second-order valence-electron chi connectivity index (χ2n) is 7.35. The summed E-state index contributed by atoms with van der Waals surface area (Å²) in [5.41, 5.74) is 1.40. The molecule has 28 heavy (non-hydrogen) atoms. The molecule has 4 rings (SSSR count). The van der Waals surface area contributed by atoms with Crippen molar-refractivity contribution in [3.63, 3.8) is 0 Å². The van der Waals surface area contributed by atoms with Crippen molar-refractivity contribution in [3.8, 4) is 0 Å². The van der Waals surface area contributed by atoms with Gasteiger partial charge in [-0.15, -0.1) is 0 Å². The zero-order valence-corrected chi connectivity index (χ0v) is 15.4. The number of piperidine rings is 1. The Kier molecular flexibility index (Phi) is 5.22. The van der Waals surface area contributed by atoms with E-state index in [1.165, 1.54) is 12.1 Å². The minimum atomic E-state index is -4.28. The quantitative estimate of drug-likeness (QED) is 0.658. The van der Waals surface area contributed by atoms with Crippen LogP contribution in [-0.4, -0.2) is 29.0 Å². The van der Waals surface area contributed by atoms with Crippen molar-refractivity contribution in [1.82, 2.24) is 9.88 Å². The molecule has 2 heterocycles. The van der Waals surface area contributed by atoms with Crippen LogP contribution in [0.2, 0.25) is 0 Å². The Morgan fingerprint density at radius 2 is 1.86 bits per heavy atom. The van der Waals surface area contributed by atoms with Crippen LogP contribution in [0.4, 0.5) is 18.9 Å². The summed E-state index contributed by atoms with van der Waals surface area (Å²) in [6, 6.07) is 14.1. The van der Waals surface area contributed by atoms with Gasteiger partial charge >= 0.3 is 6.18 Å². The number of halogens is 3. The number of fused-ring (bicyclic) bond motifs is 1. The first-order valence-corrected chi connectivity index (χ1v) is 9.46. The van der Waals surface area contributed by atoms with Gasteiger partial charge in [0.25, 0.3) is 0 Å². The lowest BCUT2D eigenvalue weighted by atomic mass is 10.0. The third kappa shape index (κ3) is 4.44. The van der Waals surface area contributed by atoms with E-state index in [2.05, 4.69) is 33.4 Å². The van der Waals surface area contributed by atoms with Crippen LogP contribution in [0.5, 0.6) is 0 Å². The normalized spacial score (nSPS) is 18.3. The Morgan fingerprint density at radius 3 is 2.64 bits per heavy atom. The van der Waals surface area contributed by atoms with Gasteiger partial charge in [0.15, 0.2) is 0 Å². The molecular formula is C22H22F3N3. The van der Waals surface area contributed by atoms with Crippen LogP contribution < -0.4 is 5.32 Å². The number of anilines is 1. The van der Waals surface area contributed by atoms with E-state index in [1.54, 1.807) is 18.3 Å². The fourth-order valence-corrected chi connectivity index (χ4v) is 3.78. The first-order chi connectivity index (χ1) is 13.5. The Bertz CT molecular complexity index is 938. The van der Waals surface area contributed by atoms with Crippen LogP contribution in [0.1, 0.15) is 24.0 Å². The largest absolute Gasteiger partial charge is 0.416 e. The highest BCUT2D eigenvalue weighted by Gasteiger charge is 2.30. The Labute approximate surface area is 162 Å². The molecule has 1 aliphatic rings. The standard InChI is InChI=1S/C22H22F3N3/c23-22(24,25)19-6-3-16(4-7-19)14-28-11-1-2-21(15-28)27-20-8-5-18-13-26-10-9-17(18)12-20/h3-10,12-13,21,27H,1-2,11,14-15H2. The molecule has 1 N–H and O–H groups in total. The number of alkyl halides is 3. The first kappa shape index (κ1) is 18.7. The zero-order chi connectivity index (χ0) is 19.6. The lowest BCUT2D eigenvalue weighted by molar-refractivity contribution is -0.137. The average molecular weight is 385 g/mol. The van der Waals surface area contributed by atoms with E-state index in [-0.39, 0.29) is 0 Å². The summed E-state index contributed by atoms with van der Waals surface area (Å²) < 4.78 is 38.1. The molecule has 6 heteroatoms. The van der Waals surface area contributed by atoms with Crippen LogP contribution in [0.15, 0.2) is 60.9 Å². The number of pyridine rings is 1. The highest BCUT2D eigenvalue weighted by Crippen LogP contribution is 2.29. The Hall–Kier alpha value is -2.60. The zero-order valence-electron chi connectivity index (χ0n) is 15.4. The third-order valence-electron chi connectivity index (χ3n) is 5.20. The topological polar surface area (TPSA) is 28.2 Å². The molecule has 1 unspecified atom stereocenters. The van der Waals surface area contributed by atoms with Crippen LogP contribution in [0, 0.1) is 0 Å². The van der Waals surface area contributed by atoms with E-state index in [1.807, 2.05) is 12.3 Å². The predicted molar refractivity (Wildman–Crippen MR) is 105 cm³/mol. The second kappa shape index (κ2) is 7.80. The van der Waals surface area contributed by atoms with E-state index in [9.17, 15) is 13.2 Å². The van der Waals surface area contributed by atoms with Crippen molar-refractivity contribution in [2.45, 2.75) is 31.6 Å². The maximum absolute atomic E-state index is 12.7. The van der Waals surface area contributed by atoms with Crippen molar-refractivity contribution in [2.24, 2.45) is 0 Å². The molecule has 0 bridgehead atoms. The highest BCUT2D eigenvalue weighted by molar-refractivity contribution is 5.84. The number of aromatic nitrogens is 1. The summed E-state index contributed by atoms with van der Waals surface area (Å²) in [6.45, 7) is 2.50. The molecule has 0 amide bonds. The number of hydrogen-bond donors (Lipinski definition) is 1. The smallest absolute Gasteiger partial charge is 0.381 e. The molecule has 0 spiro atoms. The van der Waals surface area contributed by atoms with Gasteiger partial charge in [-0.25, -0.2) is 0 Å².